The minimum Gasteiger partial charge on any atom is -0.490 e. The van der Waals surface area contributed by atoms with Crippen molar-refractivity contribution in [2.45, 2.75) is 20.0 Å². The van der Waals surface area contributed by atoms with E-state index in [1.165, 1.54) is 12.1 Å². The number of thioether (sulfide) groups is 1. The van der Waals surface area contributed by atoms with E-state index in [4.69, 9.17) is 21.7 Å². The number of hydrogen-bond donors (Lipinski definition) is 0. The SMILES string of the molecule is CCOc1cc(/C=C2\SC(=S)N(c3cccc(C(F)(F)F)c3)C2=O)cc(Br)c1OCC. The molecule has 0 aliphatic carbocycles. The van der Waals surface area contributed by atoms with Crippen LogP contribution < -0.4 is 14.4 Å². The molecule has 1 aliphatic rings. The van der Waals surface area contributed by atoms with Gasteiger partial charge in [0.2, 0.25) is 0 Å². The van der Waals surface area contributed by atoms with E-state index in [-0.39, 0.29) is 10.0 Å². The van der Waals surface area contributed by atoms with Crippen LogP contribution in [-0.4, -0.2) is 23.4 Å². The third-order valence-corrected chi connectivity index (χ3v) is 6.03. The quantitative estimate of drug-likeness (QED) is 0.307. The molecule has 0 atom stereocenters. The summed E-state index contributed by atoms with van der Waals surface area (Å²) in [4.78, 5) is 14.3. The van der Waals surface area contributed by atoms with Gasteiger partial charge in [0.25, 0.3) is 5.91 Å². The first-order valence-electron chi connectivity index (χ1n) is 9.20. The fraction of sp³-hybridized carbons (Fsp3) is 0.238. The number of benzene rings is 2. The molecule has 164 valence electrons. The molecule has 0 radical (unpaired) electrons. The molecule has 2 aromatic rings. The molecule has 4 nitrogen and oxygen atoms in total. The Morgan fingerprint density at radius 3 is 2.52 bits per heavy atom. The molecule has 1 fully saturated rings. The Morgan fingerprint density at radius 1 is 1.16 bits per heavy atom. The van der Waals surface area contributed by atoms with Crippen molar-refractivity contribution in [1.29, 1.82) is 0 Å². The van der Waals surface area contributed by atoms with Crippen molar-refractivity contribution in [3.8, 4) is 11.5 Å². The van der Waals surface area contributed by atoms with E-state index in [0.717, 1.165) is 28.8 Å². The lowest BCUT2D eigenvalue weighted by molar-refractivity contribution is -0.137. The average molecular weight is 532 g/mol. The first kappa shape index (κ1) is 23.6. The zero-order valence-corrected chi connectivity index (χ0v) is 19.7. The Bertz CT molecular complexity index is 1060. The molecule has 0 aromatic heterocycles. The lowest BCUT2D eigenvalue weighted by Gasteiger charge is -2.16. The highest BCUT2D eigenvalue weighted by molar-refractivity contribution is 9.10. The molecule has 0 N–H and O–H groups in total. The summed E-state index contributed by atoms with van der Waals surface area (Å²) in [6.07, 6.45) is -2.90. The van der Waals surface area contributed by atoms with E-state index in [1.54, 1.807) is 18.2 Å². The van der Waals surface area contributed by atoms with Gasteiger partial charge < -0.3 is 9.47 Å². The fourth-order valence-electron chi connectivity index (χ4n) is 2.88. The molecular weight excluding hydrogens is 515 g/mol. The van der Waals surface area contributed by atoms with E-state index >= 15 is 0 Å². The molecule has 0 saturated carbocycles. The number of carbonyl (C=O) groups is 1. The fourth-order valence-corrected chi connectivity index (χ4v) is 4.75. The maximum atomic E-state index is 13.1. The van der Waals surface area contributed by atoms with Crippen LogP contribution in [0.3, 0.4) is 0 Å². The molecule has 31 heavy (non-hydrogen) atoms. The highest BCUT2D eigenvalue weighted by Gasteiger charge is 2.36. The van der Waals surface area contributed by atoms with Crippen molar-refractivity contribution in [3.05, 3.63) is 56.9 Å². The topological polar surface area (TPSA) is 38.8 Å². The van der Waals surface area contributed by atoms with Crippen molar-refractivity contribution < 1.29 is 27.4 Å². The van der Waals surface area contributed by atoms with Crippen LogP contribution in [0.5, 0.6) is 11.5 Å². The summed E-state index contributed by atoms with van der Waals surface area (Å²) < 4.78 is 51.2. The number of halogens is 4. The number of thiocarbonyl (C=S) groups is 1. The first-order chi connectivity index (χ1) is 14.7. The van der Waals surface area contributed by atoms with Crippen molar-refractivity contribution in [1.82, 2.24) is 0 Å². The maximum absolute atomic E-state index is 13.1. The predicted octanol–water partition coefficient (Wildman–Crippen LogP) is 6.67. The van der Waals surface area contributed by atoms with E-state index in [2.05, 4.69) is 15.9 Å². The minimum absolute atomic E-state index is 0.0728. The molecule has 1 aliphatic heterocycles. The normalized spacial score (nSPS) is 15.7. The van der Waals surface area contributed by atoms with Crippen LogP contribution in [0.25, 0.3) is 6.08 Å². The summed E-state index contributed by atoms with van der Waals surface area (Å²) >= 11 is 9.75. The number of carbonyl (C=O) groups excluding carboxylic acids is 1. The Morgan fingerprint density at radius 2 is 1.87 bits per heavy atom. The summed E-state index contributed by atoms with van der Waals surface area (Å²) in [5, 5.41) is 0. The van der Waals surface area contributed by atoms with Gasteiger partial charge in [-0.2, -0.15) is 13.2 Å². The van der Waals surface area contributed by atoms with Gasteiger partial charge in [-0.05, 0) is 71.7 Å². The van der Waals surface area contributed by atoms with Crippen LogP contribution in [0.1, 0.15) is 25.0 Å². The Hall–Kier alpha value is -2.04. The summed E-state index contributed by atoms with van der Waals surface area (Å²) in [5.41, 5.74) is -0.119. The highest BCUT2D eigenvalue weighted by Crippen LogP contribution is 2.41. The smallest absolute Gasteiger partial charge is 0.416 e. The Kier molecular flexibility index (Phi) is 7.33. The van der Waals surface area contributed by atoms with E-state index in [9.17, 15) is 18.0 Å². The molecule has 3 rings (SSSR count). The number of ether oxygens (including phenoxy) is 2. The summed E-state index contributed by atoms with van der Waals surface area (Å²) in [6, 6.07) is 8.03. The monoisotopic (exact) mass is 531 g/mol. The summed E-state index contributed by atoms with van der Waals surface area (Å²) in [5.74, 6) is 0.577. The molecule has 2 aromatic carbocycles. The average Bonchev–Trinajstić information content (AvgIpc) is 2.97. The van der Waals surface area contributed by atoms with Crippen LogP contribution in [0.15, 0.2) is 45.8 Å². The Labute approximate surface area is 195 Å². The van der Waals surface area contributed by atoms with Crippen molar-refractivity contribution >= 4 is 61.9 Å². The van der Waals surface area contributed by atoms with Gasteiger partial charge >= 0.3 is 6.18 Å². The molecule has 1 saturated heterocycles. The minimum atomic E-state index is -4.52. The molecule has 0 unspecified atom stereocenters. The summed E-state index contributed by atoms with van der Waals surface area (Å²) in [6.45, 7) is 4.58. The van der Waals surface area contributed by atoms with Gasteiger partial charge in [-0.3, -0.25) is 9.69 Å². The van der Waals surface area contributed by atoms with Gasteiger partial charge in [0.15, 0.2) is 15.8 Å². The number of rotatable bonds is 6. The van der Waals surface area contributed by atoms with Crippen LogP contribution >= 0.6 is 39.9 Å². The van der Waals surface area contributed by atoms with E-state index < -0.39 is 17.6 Å². The third kappa shape index (κ3) is 5.24. The molecule has 1 heterocycles. The van der Waals surface area contributed by atoms with Crippen LogP contribution in [0.2, 0.25) is 0 Å². The lowest BCUT2D eigenvalue weighted by Crippen LogP contribution is -2.27. The largest absolute Gasteiger partial charge is 0.490 e. The number of hydrogen-bond acceptors (Lipinski definition) is 5. The number of nitrogens with zero attached hydrogens (tertiary/aromatic N) is 1. The van der Waals surface area contributed by atoms with Crippen LogP contribution in [-0.2, 0) is 11.0 Å². The first-order valence-corrected chi connectivity index (χ1v) is 11.2. The molecule has 0 spiro atoms. The number of amides is 1. The standard InChI is InChI=1S/C21H17BrF3NO3S2/c1-3-28-16-9-12(8-15(22)18(16)29-4-2)10-17-19(27)26(20(30)31-17)14-7-5-6-13(11-14)21(23,24)25/h5-11H,3-4H2,1-2H3/b17-10-. The molecule has 1 amide bonds. The van der Waals surface area contributed by atoms with Gasteiger partial charge in [-0.1, -0.05) is 30.0 Å². The maximum Gasteiger partial charge on any atom is 0.416 e. The second-order valence-electron chi connectivity index (χ2n) is 6.26. The lowest BCUT2D eigenvalue weighted by atomic mass is 10.1. The van der Waals surface area contributed by atoms with Crippen molar-refractivity contribution in [2.75, 3.05) is 18.1 Å². The zero-order valence-electron chi connectivity index (χ0n) is 16.5. The predicted molar refractivity (Wildman–Crippen MR) is 124 cm³/mol. The van der Waals surface area contributed by atoms with Crippen LogP contribution in [0, 0.1) is 0 Å². The van der Waals surface area contributed by atoms with Gasteiger partial charge in [-0.25, -0.2) is 0 Å². The van der Waals surface area contributed by atoms with E-state index in [0.29, 0.717) is 39.7 Å². The summed E-state index contributed by atoms with van der Waals surface area (Å²) in [7, 11) is 0. The van der Waals surface area contributed by atoms with Gasteiger partial charge in [0.05, 0.1) is 33.8 Å². The second kappa shape index (κ2) is 9.62. The van der Waals surface area contributed by atoms with Gasteiger partial charge in [0.1, 0.15) is 0 Å². The van der Waals surface area contributed by atoms with Crippen molar-refractivity contribution in [3.63, 3.8) is 0 Å². The van der Waals surface area contributed by atoms with E-state index in [1.807, 2.05) is 13.8 Å². The number of alkyl halides is 3. The second-order valence-corrected chi connectivity index (χ2v) is 8.79. The molecule has 10 heteroatoms. The molecular formula is C21H17BrF3NO3S2. The van der Waals surface area contributed by atoms with Crippen LogP contribution in [0.4, 0.5) is 18.9 Å². The van der Waals surface area contributed by atoms with Gasteiger partial charge in [-0.15, -0.1) is 0 Å². The third-order valence-electron chi connectivity index (χ3n) is 4.14. The Balaban J connectivity index is 1.96. The van der Waals surface area contributed by atoms with Crippen molar-refractivity contribution in [2.24, 2.45) is 0 Å². The van der Waals surface area contributed by atoms with Gasteiger partial charge in [0, 0.05) is 0 Å². The highest BCUT2D eigenvalue weighted by atomic mass is 79.9. The number of anilines is 1. The zero-order chi connectivity index (χ0) is 22.8. The molecule has 0 bridgehead atoms.